The first-order valence-electron chi connectivity index (χ1n) is 9.37. The quantitative estimate of drug-likeness (QED) is 0.405. The van der Waals surface area contributed by atoms with E-state index in [0.717, 1.165) is 54.8 Å². The number of H-pyrrole nitrogens is 1. The fourth-order valence-electron chi connectivity index (χ4n) is 3.68. The van der Waals surface area contributed by atoms with Gasteiger partial charge in [-0.05, 0) is 11.6 Å². The van der Waals surface area contributed by atoms with Gasteiger partial charge in [-0.2, -0.15) is 0 Å². The second kappa shape index (κ2) is 7.92. The Hall–Kier alpha value is -3.03. The van der Waals surface area contributed by atoms with E-state index in [1.54, 1.807) is 18.3 Å². The average molecular weight is 378 g/mol. The zero-order chi connectivity index (χ0) is 19.5. The van der Waals surface area contributed by atoms with Crippen molar-refractivity contribution in [3.8, 4) is 0 Å². The van der Waals surface area contributed by atoms with Gasteiger partial charge in [-0.3, -0.25) is 24.7 Å². The van der Waals surface area contributed by atoms with Gasteiger partial charge in [0, 0.05) is 67.5 Å². The molecule has 0 saturated carbocycles. The lowest BCUT2D eigenvalue weighted by Gasteiger charge is -2.34. The van der Waals surface area contributed by atoms with E-state index in [4.69, 9.17) is 0 Å². The van der Waals surface area contributed by atoms with E-state index < -0.39 is 0 Å². The molecular weight excluding hydrogens is 356 g/mol. The van der Waals surface area contributed by atoms with Gasteiger partial charge >= 0.3 is 0 Å². The number of nitro benzene ring substituents is 1. The number of aromatic amines is 1. The van der Waals surface area contributed by atoms with E-state index in [-0.39, 0.29) is 16.4 Å². The molecule has 2 aromatic carbocycles. The number of hydrogen-bond donors (Lipinski definition) is 1. The zero-order valence-corrected chi connectivity index (χ0v) is 15.5. The van der Waals surface area contributed by atoms with Crippen molar-refractivity contribution in [3.63, 3.8) is 0 Å². The van der Waals surface area contributed by atoms with Crippen molar-refractivity contribution in [2.45, 2.75) is 6.54 Å². The number of para-hydroxylation sites is 1. The molecule has 0 amide bonds. The van der Waals surface area contributed by atoms with E-state index in [1.807, 2.05) is 36.4 Å². The number of Topliss-reactive ketones (excluding diaryl/α,β-unsaturated/α-hetero) is 1. The van der Waals surface area contributed by atoms with Crippen molar-refractivity contribution in [1.82, 2.24) is 14.8 Å². The van der Waals surface area contributed by atoms with Crippen LogP contribution in [0.1, 0.15) is 15.9 Å². The number of nitrogens with one attached hydrogen (secondary N) is 1. The summed E-state index contributed by atoms with van der Waals surface area (Å²) < 4.78 is 0. The number of aromatic nitrogens is 1. The van der Waals surface area contributed by atoms with Gasteiger partial charge < -0.3 is 4.98 Å². The molecule has 144 valence electrons. The van der Waals surface area contributed by atoms with E-state index >= 15 is 0 Å². The number of carbonyl (C=O) groups excluding carboxylic acids is 1. The van der Waals surface area contributed by atoms with Crippen LogP contribution in [-0.4, -0.2) is 58.2 Å². The molecule has 2 heterocycles. The van der Waals surface area contributed by atoms with Crippen LogP contribution < -0.4 is 0 Å². The Bertz CT molecular complexity index is 988. The number of benzene rings is 2. The fourth-order valence-corrected chi connectivity index (χ4v) is 3.68. The van der Waals surface area contributed by atoms with Crippen LogP contribution in [0.2, 0.25) is 0 Å². The van der Waals surface area contributed by atoms with Crippen molar-refractivity contribution < 1.29 is 9.72 Å². The van der Waals surface area contributed by atoms with Crippen LogP contribution in [0.25, 0.3) is 10.9 Å². The summed E-state index contributed by atoms with van der Waals surface area (Å²) in [5.74, 6) is 0.140. The van der Waals surface area contributed by atoms with Gasteiger partial charge in [0.25, 0.3) is 5.69 Å². The third-order valence-electron chi connectivity index (χ3n) is 5.28. The minimum absolute atomic E-state index is 0.115. The summed E-state index contributed by atoms with van der Waals surface area (Å²) in [5.41, 5.74) is 2.92. The number of ketones is 1. The van der Waals surface area contributed by atoms with Crippen LogP contribution in [0.5, 0.6) is 0 Å². The number of fused-ring (bicyclic) bond motifs is 1. The van der Waals surface area contributed by atoms with Crippen molar-refractivity contribution in [2.24, 2.45) is 0 Å². The Morgan fingerprint density at radius 3 is 2.39 bits per heavy atom. The van der Waals surface area contributed by atoms with Crippen LogP contribution in [0.15, 0.2) is 54.7 Å². The number of piperazine rings is 1. The van der Waals surface area contributed by atoms with Gasteiger partial charge in [0.15, 0.2) is 5.78 Å². The molecule has 1 fully saturated rings. The standard InChI is InChI=1S/C21H22N4O3/c26-21(19-13-22-20-4-2-1-3-18(19)20)15-24-11-9-23(10-12-24)14-16-5-7-17(8-6-16)25(27)28/h1-8,13,22H,9-12,14-15H2. The minimum Gasteiger partial charge on any atom is -0.360 e. The molecule has 4 rings (SSSR count). The predicted octanol–water partition coefficient (Wildman–Crippen LogP) is 3.08. The maximum atomic E-state index is 12.7. The molecule has 3 aromatic rings. The lowest BCUT2D eigenvalue weighted by Crippen LogP contribution is -2.47. The Morgan fingerprint density at radius 1 is 1.00 bits per heavy atom. The molecule has 0 unspecified atom stereocenters. The molecule has 1 aromatic heterocycles. The smallest absolute Gasteiger partial charge is 0.269 e. The van der Waals surface area contributed by atoms with E-state index in [1.165, 1.54) is 0 Å². The van der Waals surface area contributed by atoms with Gasteiger partial charge in [-0.15, -0.1) is 0 Å². The molecule has 7 heteroatoms. The number of nitrogens with zero attached hydrogens (tertiary/aromatic N) is 3. The highest BCUT2D eigenvalue weighted by Gasteiger charge is 2.21. The summed E-state index contributed by atoms with van der Waals surface area (Å²) in [6.07, 6.45) is 1.80. The molecule has 1 aliphatic rings. The third kappa shape index (κ3) is 3.95. The molecule has 1 saturated heterocycles. The lowest BCUT2D eigenvalue weighted by atomic mass is 10.1. The third-order valence-corrected chi connectivity index (χ3v) is 5.28. The molecule has 0 bridgehead atoms. The number of hydrogen-bond acceptors (Lipinski definition) is 5. The number of non-ortho nitro benzene ring substituents is 1. The zero-order valence-electron chi connectivity index (χ0n) is 15.5. The number of carbonyl (C=O) groups is 1. The van der Waals surface area contributed by atoms with Crippen LogP contribution in [0.3, 0.4) is 0 Å². The average Bonchev–Trinajstić information content (AvgIpc) is 3.14. The molecule has 7 nitrogen and oxygen atoms in total. The first kappa shape index (κ1) is 18.3. The Morgan fingerprint density at radius 2 is 1.68 bits per heavy atom. The monoisotopic (exact) mass is 378 g/mol. The van der Waals surface area contributed by atoms with E-state index in [9.17, 15) is 14.9 Å². The molecule has 28 heavy (non-hydrogen) atoms. The van der Waals surface area contributed by atoms with Crippen LogP contribution in [0.4, 0.5) is 5.69 Å². The highest BCUT2D eigenvalue weighted by Crippen LogP contribution is 2.19. The van der Waals surface area contributed by atoms with Gasteiger partial charge in [-0.1, -0.05) is 30.3 Å². The Kier molecular flexibility index (Phi) is 5.18. The first-order valence-corrected chi connectivity index (χ1v) is 9.37. The lowest BCUT2D eigenvalue weighted by molar-refractivity contribution is -0.384. The maximum Gasteiger partial charge on any atom is 0.269 e. The van der Waals surface area contributed by atoms with Crippen LogP contribution >= 0.6 is 0 Å². The molecule has 0 aliphatic carbocycles. The molecule has 0 radical (unpaired) electrons. The SMILES string of the molecule is O=C(CN1CCN(Cc2ccc([N+](=O)[O-])cc2)CC1)c1c[nH]c2ccccc12. The molecule has 0 atom stereocenters. The van der Waals surface area contributed by atoms with Crippen molar-refractivity contribution in [1.29, 1.82) is 0 Å². The molecule has 1 aliphatic heterocycles. The second-order valence-corrected chi connectivity index (χ2v) is 7.15. The normalized spacial score (nSPS) is 15.7. The fraction of sp³-hybridized carbons (Fsp3) is 0.286. The van der Waals surface area contributed by atoms with Gasteiger partial charge in [0.1, 0.15) is 0 Å². The first-order chi connectivity index (χ1) is 13.6. The highest BCUT2D eigenvalue weighted by molar-refractivity contribution is 6.08. The summed E-state index contributed by atoms with van der Waals surface area (Å²) in [7, 11) is 0. The molecule has 0 spiro atoms. The largest absolute Gasteiger partial charge is 0.360 e. The topological polar surface area (TPSA) is 82.5 Å². The number of nitro groups is 1. The Labute approximate surface area is 162 Å². The van der Waals surface area contributed by atoms with Crippen molar-refractivity contribution in [3.05, 3.63) is 76.0 Å². The second-order valence-electron chi connectivity index (χ2n) is 7.15. The van der Waals surface area contributed by atoms with E-state index in [0.29, 0.717) is 6.54 Å². The molecule has 1 N–H and O–H groups in total. The Balaban J connectivity index is 1.30. The van der Waals surface area contributed by atoms with Gasteiger partial charge in [0.05, 0.1) is 11.5 Å². The maximum absolute atomic E-state index is 12.7. The van der Waals surface area contributed by atoms with Crippen LogP contribution in [-0.2, 0) is 6.54 Å². The summed E-state index contributed by atoms with van der Waals surface area (Å²) >= 11 is 0. The predicted molar refractivity (Wildman–Crippen MR) is 107 cm³/mol. The summed E-state index contributed by atoms with van der Waals surface area (Å²) in [6, 6.07) is 14.6. The van der Waals surface area contributed by atoms with Crippen molar-refractivity contribution >= 4 is 22.4 Å². The van der Waals surface area contributed by atoms with Crippen LogP contribution in [0, 0.1) is 10.1 Å². The van der Waals surface area contributed by atoms with Crippen molar-refractivity contribution in [2.75, 3.05) is 32.7 Å². The van der Waals surface area contributed by atoms with Gasteiger partial charge in [0.2, 0.25) is 0 Å². The number of rotatable bonds is 6. The summed E-state index contributed by atoms with van der Waals surface area (Å²) in [4.78, 5) is 30.7. The summed E-state index contributed by atoms with van der Waals surface area (Å²) in [5, 5.41) is 11.7. The summed E-state index contributed by atoms with van der Waals surface area (Å²) in [6.45, 7) is 4.61. The van der Waals surface area contributed by atoms with E-state index in [2.05, 4.69) is 14.8 Å². The molecular formula is C21H22N4O3. The minimum atomic E-state index is -0.382. The highest BCUT2D eigenvalue weighted by atomic mass is 16.6. The van der Waals surface area contributed by atoms with Gasteiger partial charge in [-0.25, -0.2) is 0 Å².